The number of rotatable bonds is 6. The lowest BCUT2D eigenvalue weighted by Crippen LogP contribution is -1.97. The lowest BCUT2D eigenvalue weighted by atomic mass is 9.90. The number of aryl methyl sites for hydroxylation is 1. The van der Waals surface area contributed by atoms with E-state index in [-0.39, 0.29) is 5.56 Å². The van der Waals surface area contributed by atoms with Gasteiger partial charge in [-0.3, -0.25) is 9.67 Å². The molecule has 0 N–H and O–H groups in total. The Morgan fingerprint density at radius 1 is 0.872 bits per heavy atom. The summed E-state index contributed by atoms with van der Waals surface area (Å²) in [7, 11) is 1.92. The van der Waals surface area contributed by atoms with Crippen LogP contribution in [0, 0.1) is 0 Å². The molecule has 1 atom stereocenters. The van der Waals surface area contributed by atoms with Gasteiger partial charge in [0, 0.05) is 36.0 Å². The largest absolute Gasteiger partial charge is 0.275 e. The Bertz CT molecular complexity index is 1600. The Morgan fingerprint density at radius 2 is 1.56 bits per heavy atom. The SMILES string of the molecule is CC(C)c1cccc2cc(-c3cnn(C)c3)ncc12.CCC(C)c1cccc2cc(C3CC3)c(C(F)F)cc12. The van der Waals surface area contributed by atoms with E-state index < -0.39 is 6.43 Å². The zero-order chi connectivity index (χ0) is 27.7. The van der Waals surface area contributed by atoms with Crippen molar-refractivity contribution in [2.75, 3.05) is 0 Å². The number of hydrogen-bond acceptors (Lipinski definition) is 2. The Hall–Kier alpha value is -3.60. The van der Waals surface area contributed by atoms with E-state index in [1.807, 2.05) is 43.8 Å². The number of hydrogen-bond donors (Lipinski definition) is 0. The highest BCUT2D eigenvalue weighted by molar-refractivity contribution is 5.89. The van der Waals surface area contributed by atoms with E-state index in [1.165, 1.54) is 21.9 Å². The van der Waals surface area contributed by atoms with Gasteiger partial charge in [0.2, 0.25) is 0 Å². The zero-order valence-corrected chi connectivity index (χ0v) is 23.5. The van der Waals surface area contributed by atoms with Crippen molar-refractivity contribution in [1.82, 2.24) is 14.8 Å². The van der Waals surface area contributed by atoms with Gasteiger partial charge < -0.3 is 0 Å². The van der Waals surface area contributed by atoms with Gasteiger partial charge in [-0.2, -0.15) is 5.10 Å². The second-order valence-corrected chi connectivity index (χ2v) is 11.1. The van der Waals surface area contributed by atoms with Crippen molar-refractivity contribution < 1.29 is 8.78 Å². The zero-order valence-electron chi connectivity index (χ0n) is 23.5. The summed E-state index contributed by atoms with van der Waals surface area (Å²) < 4.78 is 28.5. The van der Waals surface area contributed by atoms with E-state index in [0.29, 0.717) is 17.8 Å². The lowest BCUT2D eigenvalue weighted by Gasteiger charge is -2.16. The summed E-state index contributed by atoms with van der Waals surface area (Å²) in [6.07, 6.45) is 6.56. The van der Waals surface area contributed by atoms with Crippen molar-refractivity contribution in [3.05, 3.63) is 95.4 Å². The van der Waals surface area contributed by atoms with Gasteiger partial charge in [0.25, 0.3) is 6.43 Å². The van der Waals surface area contributed by atoms with Crippen LogP contribution in [0.3, 0.4) is 0 Å². The maximum atomic E-state index is 13.4. The summed E-state index contributed by atoms with van der Waals surface area (Å²) in [4.78, 5) is 4.58. The second-order valence-electron chi connectivity index (χ2n) is 11.1. The summed E-state index contributed by atoms with van der Waals surface area (Å²) in [6, 6.07) is 18.5. The molecular weight excluding hydrogens is 488 g/mol. The van der Waals surface area contributed by atoms with Gasteiger partial charge in [-0.25, -0.2) is 8.78 Å². The highest BCUT2D eigenvalue weighted by atomic mass is 19.3. The van der Waals surface area contributed by atoms with Gasteiger partial charge in [0.05, 0.1) is 11.9 Å². The molecule has 3 nitrogen and oxygen atoms in total. The van der Waals surface area contributed by atoms with E-state index in [0.717, 1.165) is 46.9 Å². The second kappa shape index (κ2) is 11.3. The van der Waals surface area contributed by atoms with Crippen LogP contribution in [0.25, 0.3) is 32.8 Å². The van der Waals surface area contributed by atoms with Crippen LogP contribution in [0.1, 0.15) is 93.4 Å². The maximum absolute atomic E-state index is 13.4. The van der Waals surface area contributed by atoms with E-state index >= 15 is 0 Å². The standard InChI is InChI=1S/C18H20F2.C16H17N3/c1-3-11(2)14-6-4-5-13-9-15(12-7-8-12)17(18(19)20)10-16(13)14;1-11(2)14-6-4-5-12-7-16(17-9-15(12)14)13-8-18-19(3)10-13/h4-6,9-12,18H,3,7-8H2,1-2H3;4-11H,1-3H3. The van der Waals surface area contributed by atoms with Gasteiger partial charge in [-0.05, 0) is 82.0 Å². The Kier molecular flexibility index (Phi) is 7.79. The molecule has 1 aliphatic carbocycles. The molecule has 1 unspecified atom stereocenters. The summed E-state index contributed by atoms with van der Waals surface area (Å²) in [6.45, 7) is 8.72. The highest BCUT2D eigenvalue weighted by Crippen LogP contribution is 2.45. The number of fused-ring (bicyclic) bond motifs is 2. The Morgan fingerprint density at radius 3 is 2.15 bits per heavy atom. The van der Waals surface area contributed by atoms with E-state index in [4.69, 9.17) is 0 Å². The topological polar surface area (TPSA) is 30.7 Å². The van der Waals surface area contributed by atoms with Crippen molar-refractivity contribution in [2.24, 2.45) is 7.05 Å². The molecule has 0 aliphatic heterocycles. The Labute approximate surface area is 229 Å². The van der Waals surface area contributed by atoms with Crippen LogP contribution in [-0.4, -0.2) is 14.8 Å². The molecule has 1 saturated carbocycles. The quantitative estimate of drug-likeness (QED) is 0.221. The van der Waals surface area contributed by atoms with Crippen LogP contribution < -0.4 is 0 Å². The molecule has 2 aromatic heterocycles. The monoisotopic (exact) mass is 525 g/mol. The fourth-order valence-corrected chi connectivity index (χ4v) is 5.38. The van der Waals surface area contributed by atoms with Crippen molar-refractivity contribution in [3.8, 4) is 11.3 Å². The van der Waals surface area contributed by atoms with E-state index in [2.05, 4.69) is 68.1 Å². The first-order valence-electron chi connectivity index (χ1n) is 14.0. The minimum absolute atomic E-state index is 0.246. The van der Waals surface area contributed by atoms with Crippen LogP contribution in [0.4, 0.5) is 8.78 Å². The summed E-state index contributed by atoms with van der Waals surface area (Å²) >= 11 is 0. The Balaban J connectivity index is 0.000000158. The molecule has 3 aromatic carbocycles. The molecule has 0 amide bonds. The third-order valence-corrected chi connectivity index (χ3v) is 7.93. The first kappa shape index (κ1) is 27.0. The molecule has 5 aromatic rings. The molecule has 5 heteroatoms. The van der Waals surface area contributed by atoms with Gasteiger partial charge in [-0.1, -0.05) is 70.2 Å². The maximum Gasteiger partial charge on any atom is 0.264 e. The lowest BCUT2D eigenvalue weighted by molar-refractivity contribution is 0.150. The van der Waals surface area contributed by atoms with Crippen molar-refractivity contribution >= 4 is 21.5 Å². The van der Waals surface area contributed by atoms with Crippen LogP contribution in [-0.2, 0) is 7.05 Å². The number of benzene rings is 3. The highest BCUT2D eigenvalue weighted by Gasteiger charge is 2.29. The van der Waals surface area contributed by atoms with Crippen molar-refractivity contribution in [3.63, 3.8) is 0 Å². The normalized spacial score (nSPS) is 14.2. The smallest absolute Gasteiger partial charge is 0.264 e. The van der Waals surface area contributed by atoms with Gasteiger partial charge in [0.1, 0.15) is 0 Å². The number of aromatic nitrogens is 3. The molecule has 39 heavy (non-hydrogen) atoms. The molecule has 0 spiro atoms. The first-order valence-corrected chi connectivity index (χ1v) is 14.0. The summed E-state index contributed by atoms with van der Waals surface area (Å²) in [5, 5.41) is 8.78. The number of nitrogens with zero attached hydrogens (tertiary/aromatic N) is 3. The van der Waals surface area contributed by atoms with Gasteiger partial charge in [0.15, 0.2) is 0 Å². The third-order valence-electron chi connectivity index (χ3n) is 7.93. The molecule has 0 bridgehead atoms. The first-order chi connectivity index (χ1) is 18.8. The average Bonchev–Trinajstić information content (AvgIpc) is 3.70. The average molecular weight is 526 g/mol. The fraction of sp³-hybridized carbons (Fsp3) is 0.353. The summed E-state index contributed by atoms with van der Waals surface area (Å²) in [5.41, 5.74) is 5.68. The van der Waals surface area contributed by atoms with E-state index in [1.54, 1.807) is 10.7 Å². The van der Waals surface area contributed by atoms with Crippen LogP contribution in [0.15, 0.2) is 73.2 Å². The molecule has 0 saturated heterocycles. The van der Waals surface area contributed by atoms with Crippen LogP contribution >= 0.6 is 0 Å². The summed E-state index contributed by atoms with van der Waals surface area (Å²) in [5.74, 6) is 1.27. The molecule has 202 valence electrons. The minimum atomic E-state index is -2.38. The number of halogens is 2. The van der Waals surface area contributed by atoms with Crippen LogP contribution in [0.2, 0.25) is 0 Å². The molecule has 2 heterocycles. The van der Waals surface area contributed by atoms with Gasteiger partial charge >= 0.3 is 0 Å². The number of alkyl halides is 2. The molecule has 1 fully saturated rings. The predicted molar refractivity (Wildman–Crippen MR) is 158 cm³/mol. The third kappa shape index (κ3) is 5.73. The van der Waals surface area contributed by atoms with Gasteiger partial charge in [-0.15, -0.1) is 0 Å². The molecule has 0 radical (unpaired) electrons. The van der Waals surface area contributed by atoms with Crippen LogP contribution in [0.5, 0.6) is 0 Å². The molecular formula is C34H37F2N3. The molecule has 6 rings (SSSR count). The van der Waals surface area contributed by atoms with Crippen molar-refractivity contribution in [1.29, 1.82) is 0 Å². The molecule has 1 aliphatic rings. The minimum Gasteiger partial charge on any atom is -0.275 e. The van der Waals surface area contributed by atoms with Crippen molar-refractivity contribution in [2.45, 2.75) is 71.1 Å². The van der Waals surface area contributed by atoms with E-state index in [9.17, 15) is 8.78 Å². The predicted octanol–water partition coefficient (Wildman–Crippen LogP) is 9.93. The number of pyridine rings is 1. The fourth-order valence-electron chi connectivity index (χ4n) is 5.38.